The van der Waals surface area contributed by atoms with E-state index >= 15 is 0 Å². The maximum absolute atomic E-state index is 12.8. The van der Waals surface area contributed by atoms with Crippen LogP contribution in [0.25, 0.3) is 0 Å². The minimum Gasteiger partial charge on any atom is -0.477 e. The van der Waals surface area contributed by atoms with Crippen LogP contribution in [0.4, 0.5) is 0 Å². The Morgan fingerprint density at radius 1 is 1.14 bits per heavy atom. The monoisotopic (exact) mass is 338 g/mol. The topological polar surface area (TPSA) is 26.3 Å². The van der Waals surface area contributed by atoms with Crippen LogP contribution in [0.15, 0.2) is 48.1 Å². The van der Waals surface area contributed by atoms with E-state index in [9.17, 15) is 4.21 Å². The second-order valence-corrected chi connectivity index (χ2v) is 10.3. The molecule has 2 saturated heterocycles. The highest BCUT2D eigenvalue weighted by Crippen LogP contribution is 2.52. The molecule has 0 saturated carbocycles. The lowest BCUT2D eigenvalue weighted by atomic mass is 9.88. The number of fused-ring (bicyclic) bond motifs is 2. The zero-order valence-electron chi connectivity index (χ0n) is 13.9. The molecule has 2 heterocycles. The Kier molecular flexibility index (Phi) is 5.13. The molecule has 0 amide bonds. The molecule has 3 atom stereocenters. The Bertz CT molecular complexity index is 555. The number of ether oxygens (including phenoxy) is 1. The van der Waals surface area contributed by atoms with Crippen molar-refractivity contribution in [2.75, 3.05) is 0 Å². The first kappa shape index (κ1) is 17.6. The van der Waals surface area contributed by atoms with Crippen molar-refractivity contribution in [3.63, 3.8) is 0 Å². The van der Waals surface area contributed by atoms with E-state index in [0.717, 1.165) is 23.5 Å². The minimum absolute atomic E-state index is 0.0156. The first-order chi connectivity index (χ1) is 10.2. The van der Waals surface area contributed by atoms with Crippen molar-refractivity contribution in [2.24, 2.45) is 10.8 Å². The molecule has 2 rings (SSSR count). The highest BCUT2D eigenvalue weighted by atomic mass is 32.2. The van der Waals surface area contributed by atoms with Crippen LogP contribution in [-0.2, 0) is 15.5 Å². The van der Waals surface area contributed by atoms with Gasteiger partial charge in [-0.25, -0.2) is 0 Å². The van der Waals surface area contributed by atoms with Gasteiger partial charge in [0.15, 0.2) is 5.44 Å². The molecular weight excluding hydrogens is 312 g/mol. The summed E-state index contributed by atoms with van der Waals surface area (Å²) in [6.07, 6.45) is 9.81. The molecule has 22 heavy (non-hydrogen) atoms. The van der Waals surface area contributed by atoms with E-state index in [0.29, 0.717) is 0 Å². The summed E-state index contributed by atoms with van der Waals surface area (Å²) in [5, 5.41) is 0. The van der Waals surface area contributed by atoms with Crippen molar-refractivity contribution < 1.29 is 8.95 Å². The van der Waals surface area contributed by atoms with E-state index in [2.05, 4.69) is 53.0 Å². The number of allylic oxidation sites excluding steroid dienone is 4. The fraction of sp³-hybridized carbons (Fsp3) is 0.556. The van der Waals surface area contributed by atoms with Gasteiger partial charge in [-0.05, 0) is 29.7 Å². The summed E-state index contributed by atoms with van der Waals surface area (Å²) < 4.78 is 18.8. The third-order valence-corrected chi connectivity index (χ3v) is 7.29. The van der Waals surface area contributed by atoms with Crippen molar-refractivity contribution in [1.29, 1.82) is 0 Å². The number of hydrogen-bond donors (Lipinski definition) is 0. The van der Waals surface area contributed by atoms with Crippen LogP contribution >= 0.6 is 11.8 Å². The molecule has 2 aliphatic rings. The van der Waals surface area contributed by atoms with Crippen molar-refractivity contribution >= 4 is 22.6 Å². The summed E-state index contributed by atoms with van der Waals surface area (Å²) in [4.78, 5) is 0.931. The fourth-order valence-corrected chi connectivity index (χ4v) is 6.34. The number of thioether (sulfide) groups is 1. The second kappa shape index (κ2) is 6.40. The van der Waals surface area contributed by atoms with Crippen molar-refractivity contribution in [2.45, 2.75) is 50.6 Å². The molecule has 0 spiro atoms. The molecule has 0 aromatic rings. The molecule has 2 bridgehead atoms. The van der Waals surface area contributed by atoms with Gasteiger partial charge in [-0.15, -0.1) is 13.2 Å². The first-order valence-corrected chi connectivity index (χ1v) is 9.75. The normalized spacial score (nSPS) is 31.5. The summed E-state index contributed by atoms with van der Waals surface area (Å²) in [6, 6.07) is 0. The molecule has 122 valence electrons. The van der Waals surface area contributed by atoms with Crippen LogP contribution in [-0.4, -0.2) is 14.2 Å². The largest absolute Gasteiger partial charge is 0.477 e. The van der Waals surface area contributed by atoms with Gasteiger partial charge in [0.1, 0.15) is 10.3 Å². The third-order valence-electron chi connectivity index (χ3n) is 3.79. The van der Waals surface area contributed by atoms with Crippen molar-refractivity contribution in [3.05, 3.63) is 48.1 Å². The van der Waals surface area contributed by atoms with E-state index < -0.39 is 10.8 Å². The summed E-state index contributed by atoms with van der Waals surface area (Å²) in [5.74, 6) is 0.874. The van der Waals surface area contributed by atoms with Crippen LogP contribution < -0.4 is 0 Å². The second-order valence-electron chi connectivity index (χ2n) is 7.27. The molecule has 2 fully saturated rings. The van der Waals surface area contributed by atoms with E-state index in [1.165, 1.54) is 0 Å². The molecule has 4 heteroatoms. The summed E-state index contributed by atoms with van der Waals surface area (Å²) >= 11 is 1.66. The maximum atomic E-state index is 12.8. The molecule has 0 aliphatic carbocycles. The Hall–Kier alpha value is -0.740. The van der Waals surface area contributed by atoms with E-state index in [1.807, 2.05) is 12.2 Å². The summed E-state index contributed by atoms with van der Waals surface area (Å²) in [7, 11) is -0.997. The van der Waals surface area contributed by atoms with Gasteiger partial charge in [0.05, 0.1) is 15.7 Å². The third kappa shape index (κ3) is 3.77. The zero-order chi connectivity index (χ0) is 16.5. The van der Waals surface area contributed by atoms with Gasteiger partial charge >= 0.3 is 0 Å². The Balaban J connectivity index is 2.21. The quantitative estimate of drug-likeness (QED) is 0.628. The van der Waals surface area contributed by atoms with Gasteiger partial charge < -0.3 is 4.74 Å². The van der Waals surface area contributed by atoms with Crippen LogP contribution in [0.1, 0.15) is 40.5 Å². The van der Waals surface area contributed by atoms with Gasteiger partial charge in [-0.1, -0.05) is 57.7 Å². The summed E-state index contributed by atoms with van der Waals surface area (Å²) in [5.41, 5.74) is -0.147. The predicted octanol–water partition coefficient (Wildman–Crippen LogP) is 5.14. The molecule has 2 aliphatic heterocycles. The van der Waals surface area contributed by atoms with E-state index in [4.69, 9.17) is 4.74 Å². The van der Waals surface area contributed by atoms with Crippen LogP contribution in [0.3, 0.4) is 0 Å². The molecule has 0 aromatic heterocycles. The summed E-state index contributed by atoms with van der Waals surface area (Å²) in [6.45, 7) is 16.2. The Labute approximate surface area is 141 Å². The Morgan fingerprint density at radius 2 is 1.68 bits per heavy atom. The van der Waals surface area contributed by atoms with Gasteiger partial charge in [-0.3, -0.25) is 4.21 Å². The van der Waals surface area contributed by atoms with E-state index in [-0.39, 0.29) is 20.8 Å². The maximum Gasteiger partial charge on any atom is 0.179 e. The predicted molar refractivity (Wildman–Crippen MR) is 97.8 cm³/mol. The van der Waals surface area contributed by atoms with Crippen LogP contribution in [0.5, 0.6) is 0 Å². The fourth-order valence-electron chi connectivity index (χ4n) is 2.75. The van der Waals surface area contributed by atoms with Gasteiger partial charge in [0, 0.05) is 0 Å². The lowest BCUT2D eigenvalue weighted by Gasteiger charge is -2.25. The smallest absolute Gasteiger partial charge is 0.179 e. The zero-order valence-corrected chi connectivity index (χ0v) is 15.6. The van der Waals surface area contributed by atoms with Crippen molar-refractivity contribution in [3.8, 4) is 0 Å². The lowest BCUT2D eigenvalue weighted by Crippen LogP contribution is -2.22. The molecule has 0 N–H and O–H groups in total. The molecule has 1 unspecified atom stereocenters. The van der Waals surface area contributed by atoms with Gasteiger partial charge in [0.25, 0.3) is 0 Å². The van der Waals surface area contributed by atoms with Gasteiger partial charge in [-0.2, -0.15) is 0 Å². The number of rotatable bonds is 6. The van der Waals surface area contributed by atoms with Crippen molar-refractivity contribution in [1.82, 2.24) is 0 Å². The average molecular weight is 339 g/mol. The SMILES string of the molecule is C=CCC(C)(C)/C=C1/O[C@@H]2S[C@H]1S(=O)/C2=C/C(C)(C)CC=C. The van der Waals surface area contributed by atoms with E-state index in [1.54, 1.807) is 11.8 Å². The highest BCUT2D eigenvalue weighted by Gasteiger charge is 2.49. The minimum atomic E-state index is -0.997. The molecule has 0 aromatic carbocycles. The first-order valence-electron chi connectivity index (χ1n) is 7.59. The van der Waals surface area contributed by atoms with Crippen LogP contribution in [0, 0.1) is 10.8 Å². The molecule has 2 nitrogen and oxygen atoms in total. The van der Waals surface area contributed by atoms with Crippen LogP contribution in [0.2, 0.25) is 0 Å². The number of hydrogen-bond acceptors (Lipinski definition) is 3. The average Bonchev–Trinajstić information content (AvgIpc) is 2.88. The molecular formula is C18H26O2S2. The Morgan fingerprint density at radius 3 is 2.18 bits per heavy atom. The standard InChI is InChI=1S/C18H26O2S2/c1-7-9-17(3,4)11-13-16-21-15(20-13)14(22(16)19)12-18(5,6)10-8-2/h7-8,11-12,15-16H,1-2,9-10H2,3-6H3/b13-11+,14-12+/t15-,16+,22?/m1/s1. The van der Waals surface area contributed by atoms with Gasteiger partial charge in [0.2, 0.25) is 0 Å². The highest BCUT2D eigenvalue weighted by molar-refractivity contribution is 8.17. The lowest BCUT2D eigenvalue weighted by molar-refractivity contribution is 0.221. The molecule has 0 radical (unpaired) electrons.